The SMILES string of the molecule is CN=C(NCC(CC(C)C)N(C)C)N1CCN(S(=O)(=O)CCOC(C)C)CC1. The minimum absolute atomic E-state index is 0.0396. The van der Waals surface area contributed by atoms with Gasteiger partial charge in [-0.1, -0.05) is 13.8 Å². The largest absolute Gasteiger partial charge is 0.378 e. The molecular formula is C19H41N5O3S. The Kier molecular flexibility index (Phi) is 10.7. The van der Waals surface area contributed by atoms with Crippen molar-refractivity contribution in [2.75, 3.05) is 66.2 Å². The van der Waals surface area contributed by atoms with Gasteiger partial charge in [0.25, 0.3) is 0 Å². The molecule has 1 N–H and O–H groups in total. The van der Waals surface area contributed by atoms with Gasteiger partial charge in [0.2, 0.25) is 10.0 Å². The normalized spacial score (nSPS) is 18.4. The Hall–Kier alpha value is -0.900. The van der Waals surface area contributed by atoms with E-state index in [4.69, 9.17) is 4.74 Å². The van der Waals surface area contributed by atoms with Gasteiger partial charge in [-0.2, -0.15) is 4.31 Å². The minimum Gasteiger partial charge on any atom is -0.378 e. The highest BCUT2D eigenvalue weighted by atomic mass is 32.2. The second-order valence-electron chi connectivity index (χ2n) is 8.30. The predicted molar refractivity (Wildman–Crippen MR) is 116 cm³/mol. The molecule has 0 aromatic rings. The number of nitrogens with zero attached hydrogens (tertiary/aromatic N) is 4. The molecule has 0 aliphatic carbocycles. The molecule has 0 aromatic heterocycles. The van der Waals surface area contributed by atoms with Crippen molar-refractivity contribution < 1.29 is 13.2 Å². The van der Waals surface area contributed by atoms with E-state index < -0.39 is 10.0 Å². The molecule has 0 radical (unpaired) electrons. The number of nitrogens with one attached hydrogen (secondary N) is 1. The summed E-state index contributed by atoms with van der Waals surface area (Å²) >= 11 is 0. The third kappa shape index (κ3) is 8.63. The van der Waals surface area contributed by atoms with E-state index in [9.17, 15) is 8.42 Å². The van der Waals surface area contributed by atoms with Crippen molar-refractivity contribution >= 4 is 16.0 Å². The summed E-state index contributed by atoms with van der Waals surface area (Å²) in [5.41, 5.74) is 0. The van der Waals surface area contributed by atoms with Crippen LogP contribution in [0, 0.1) is 5.92 Å². The number of likely N-dealkylation sites (N-methyl/N-ethyl adjacent to an activating group) is 1. The van der Waals surface area contributed by atoms with E-state index in [1.165, 1.54) is 0 Å². The van der Waals surface area contributed by atoms with E-state index in [-0.39, 0.29) is 18.5 Å². The first-order valence-electron chi connectivity index (χ1n) is 10.3. The third-order valence-corrected chi connectivity index (χ3v) is 6.74. The maximum absolute atomic E-state index is 12.5. The zero-order valence-corrected chi connectivity index (χ0v) is 19.6. The van der Waals surface area contributed by atoms with Gasteiger partial charge in [0.15, 0.2) is 5.96 Å². The van der Waals surface area contributed by atoms with Gasteiger partial charge in [0.1, 0.15) is 0 Å². The van der Waals surface area contributed by atoms with E-state index >= 15 is 0 Å². The standard InChI is InChI=1S/C19H41N5O3S/c1-16(2)14-18(22(6)7)15-21-19(20-5)23-8-10-24(11-9-23)28(25,26)13-12-27-17(3)4/h16-18H,8-15H2,1-7H3,(H,20,21). The van der Waals surface area contributed by atoms with E-state index in [1.807, 2.05) is 13.8 Å². The number of piperazine rings is 1. The lowest BCUT2D eigenvalue weighted by atomic mass is 10.0. The zero-order chi connectivity index (χ0) is 21.3. The maximum Gasteiger partial charge on any atom is 0.216 e. The van der Waals surface area contributed by atoms with Crippen LogP contribution in [0.15, 0.2) is 4.99 Å². The summed E-state index contributed by atoms with van der Waals surface area (Å²) in [5.74, 6) is 1.51. The van der Waals surface area contributed by atoms with Gasteiger partial charge in [-0.25, -0.2) is 8.42 Å². The summed E-state index contributed by atoms with van der Waals surface area (Å²) in [5, 5.41) is 3.47. The predicted octanol–water partition coefficient (Wildman–Crippen LogP) is 0.911. The van der Waals surface area contributed by atoms with Gasteiger partial charge < -0.3 is 19.9 Å². The highest BCUT2D eigenvalue weighted by Crippen LogP contribution is 2.11. The molecule has 1 saturated heterocycles. The molecule has 1 aliphatic heterocycles. The van der Waals surface area contributed by atoms with Crippen LogP contribution in [0.3, 0.4) is 0 Å². The molecule has 1 heterocycles. The minimum atomic E-state index is -3.27. The summed E-state index contributed by atoms with van der Waals surface area (Å²) in [4.78, 5) is 8.78. The van der Waals surface area contributed by atoms with Crippen molar-refractivity contribution in [3.05, 3.63) is 0 Å². The van der Waals surface area contributed by atoms with E-state index in [0.717, 1.165) is 18.9 Å². The Bertz CT molecular complexity index is 570. The maximum atomic E-state index is 12.5. The number of hydrogen-bond donors (Lipinski definition) is 1. The molecular weight excluding hydrogens is 378 g/mol. The Morgan fingerprint density at radius 3 is 2.21 bits per heavy atom. The van der Waals surface area contributed by atoms with E-state index in [2.05, 4.69) is 48.1 Å². The van der Waals surface area contributed by atoms with Crippen molar-refractivity contribution in [1.29, 1.82) is 0 Å². The molecule has 1 rings (SSSR count). The lowest BCUT2D eigenvalue weighted by molar-refractivity contribution is 0.0904. The fourth-order valence-electron chi connectivity index (χ4n) is 3.26. The van der Waals surface area contributed by atoms with Gasteiger partial charge in [-0.3, -0.25) is 4.99 Å². The molecule has 8 nitrogen and oxygen atoms in total. The first-order chi connectivity index (χ1) is 13.1. The number of sulfonamides is 1. The molecule has 1 atom stereocenters. The third-order valence-electron chi connectivity index (χ3n) is 4.91. The topological polar surface area (TPSA) is 77.5 Å². The number of ether oxygens (including phenoxy) is 1. The number of aliphatic imine (C=N–C) groups is 1. The van der Waals surface area contributed by atoms with E-state index in [1.54, 1.807) is 11.4 Å². The van der Waals surface area contributed by atoms with Crippen molar-refractivity contribution in [2.45, 2.75) is 46.3 Å². The second-order valence-corrected chi connectivity index (χ2v) is 10.4. The quantitative estimate of drug-likeness (QED) is 0.419. The van der Waals surface area contributed by atoms with Gasteiger partial charge in [0.05, 0.1) is 18.5 Å². The van der Waals surface area contributed by atoms with Crippen LogP contribution in [-0.2, 0) is 14.8 Å². The first kappa shape index (κ1) is 25.1. The van der Waals surface area contributed by atoms with Crippen molar-refractivity contribution in [3.63, 3.8) is 0 Å². The van der Waals surface area contributed by atoms with Crippen LogP contribution in [-0.4, -0.2) is 107 Å². The lowest BCUT2D eigenvalue weighted by Gasteiger charge is -2.36. The van der Waals surface area contributed by atoms with Crippen LogP contribution in [0.4, 0.5) is 0 Å². The summed E-state index contributed by atoms with van der Waals surface area (Å²) in [6.07, 6.45) is 1.16. The molecule has 1 aliphatic rings. The molecule has 1 fully saturated rings. The molecule has 0 saturated carbocycles. The van der Waals surface area contributed by atoms with Crippen LogP contribution in [0.25, 0.3) is 0 Å². The first-order valence-corrected chi connectivity index (χ1v) is 11.9. The summed E-state index contributed by atoms with van der Waals surface area (Å²) in [6, 6.07) is 0.430. The number of hydrogen-bond acceptors (Lipinski definition) is 5. The monoisotopic (exact) mass is 419 g/mol. The van der Waals surface area contributed by atoms with Crippen LogP contribution in [0.5, 0.6) is 0 Å². The second kappa shape index (κ2) is 11.9. The Labute approximate surface area is 172 Å². The molecule has 28 heavy (non-hydrogen) atoms. The fourth-order valence-corrected chi connectivity index (χ4v) is 4.54. The lowest BCUT2D eigenvalue weighted by Crippen LogP contribution is -2.55. The molecule has 1 unspecified atom stereocenters. The molecule has 0 aromatic carbocycles. The van der Waals surface area contributed by atoms with Crippen molar-refractivity contribution in [3.8, 4) is 0 Å². The Balaban J connectivity index is 2.53. The Morgan fingerprint density at radius 1 is 1.14 bits per heavy atom. The van der Waals surface area contributed by atoms with Crippen LogP contribution in [0.1, 0.15) is 34.1 Å². The van der Waals surface area contributed by atoms with Crippen LogP contribution >= 0.6 is 0 Å². The average Bonchev–Trinajstić information content (AvgIpc) is 2.60. The van der Waals surface area contributed by atoms with Gasteiger partial charge in [0, 0.05) is 45.8 Å². The summed E-state index contributed by atoms with van der Waals surface area (Å²) in [6.45, 7) is 11.6. The number of rotatable bonds is 10. The summed E-state index contributed by atoms with van der Waals surface area (Å²) in [7, 11) is 2.71. The summed E-state index contributed by atoms with van der Waals surface area (Å²) < 4.78 is 31.9. The molecule has 166 valence electrons. The van der Waals surface area contributed by atoms with Gasteiger partial charge in [-0.05, 0) is 40.3 Å². The zero-order valence-electron chi connectivity index (χ0n) is 18.8. The van der Waals surface area contributed by atoms with Crippen molar-refractivity contribution in [1.82, 2.24) is 19.4 Å². The smallest absolute Gasteiger partial charge is 0.216 e. The Morgan fingerprint density at radius 2 is 1.75 bits per heavy atom. The van der Waals surface area contributed by atoms with Crippen LogP contribution < -0.4 is 5.32 Å². The highest BCUT2D eigenvalue weighted by Gasteiger charge is 2.28. The molecule has 0 amide bonds. The van der Waals surface area contributed by atoms with Crippen LogP contribution in [0.2, 0.25) is 0 Å². The van der Waals surface area contributed by atoms with Gasteiger partial charge >= 0.3 is 0 Å². The fraction of sp³-hybridized carbons (Fsp3) is 0.947. The molecule has 9 heteroatoms. The average molecular weight is 420 g/mol. The van der Waals surface area contributed by atoms with Gasteiger partial charge in [-0.15, -0.1) is 0 Å². The van der Waals surface area contributed by atoms with Crippen molar-refractivity contribution in [2.24, 2.45) is 10.9 Å². The number of guanidine groups is 1. The molecule has 0 spiro atoms. The highest BCUT2D eigenvalue weighted by molar-refractivity contribution is 7.89. The van der Waals surface area contributed by atoms with E-state index in [0.29, 0.717) is 38.1 Å². The molecule has 0 bridgehead atoms.